The number of nitrogens with zero attached hydrogens (tertiary/aromatic N) is 5. The summed E-state index contributed by atoms with van der Waals surface area (Å²) in [6.07, 6.45) is 0.729. The summed E-state index contributed by atoms with van der Waals surface area (Å²) in [4.78, 5) is 9.37. The molecule has 2 unspecified atom stereocenters. The van der Waals surface area contributed by atoms with E-state index in [-0.39, 0.29) is 30.3 Å². The first kappa shape index (κ1) is 23.4. The van der Waals surface area contributed by atoms with E-state index in [1.54, 1.807) is 16.8 Å². The Kier molecular flexibility index (Phi) is 6.70. The number of thioether (sulfide) groups is 1. The van der Waals surface area contributed by atoms with Crippen LogP contribution in [-0.4, -0.2) is 70.9 Å². The monoisotopic (exact) mass is 488 g/mol. The molecule has 5 rings (SSSR count). The molecular weight excluding hydrogens is 459 g/mol. The van der Waals surface area contributed by atoms with Gasteiger partial charge in [-0.3, -0.25) is 0 Å². The maximum Gasteiger partial charge on any atom is 0.191 e. The van der Waals surface area contributed by atoms with Gasteiger partial charge in [0.05, 0.1) is 12.1 Å². The first-order chi connectivity index (χ1) is 16.5. The molecule has 2 heterocycles. The Labute approximate surface area is 200 Å². The number of nitrogens with one attached hydrogen (secondary N) is 1. The highest BCUT2D eigenvalue weighted by atomic mass is 32.2. The molecule has 2 fully saturated rings. The lowest BCUT2D eigenvalue weighted by Gasteiger charge is -2.17. The van der Waals surface area contributed by atoms with Gasteiger partial charge >= 0.3 is 0 Å². The highest BCUT2D eigenvalue weighted by molar-refractivity contribution is 7.99. The molecule has 2 saturated carbocycles. The maximum atomic E-state index is 13.7. The molecule has 2 aromatic heterocycles. The Hall–Kier alpha value is -2.34. The molecular formula is C23H29FN6O3S. The second-order valence-electron chi connectivity index (χ2n) is 9.11. The number of benzene rings is 1. The predicted octanol–water partition coefficient (Wildman–Crippen LogP) is 2.50. The highest BCUT2D eigenvalue weighted by Crippen LogP contribution is 2.44. The van der Waals surface area contributed by atoms with Gasteiger partial charge in [0.15, 0.2) is 22.1 Å². The van der Waals surface area contributed by atoms with Gasteiger partial charge in [0, 0.05) is 24.3 Å². The van der Waals surface area contributed by atoms with Crippen molar-refractivity contribution in [2.75, 3.05) is 17.7 Å². The second-order valence-corrected chi connectivity index (χ2v) is 10.2. The lowest BCUT2D eigenvalue weighted by atomic mass is 10.0. The van der Waals surface area contributed by atoms with Crippen molar-refractivity contribution >= 4 is 28.7 Å². The maximum absolute atomic E-state index is 13.7. The molecule has 11 heteroatoms. The van der Waals surface area contributed by atoms with E-state index < -0.39 is 18.2 Å². The predicted molar refractivity (Wildman–Crippen MR) is 126 cm³/mol. The van der Waals surface area contributed by atoms with Crippen molar-refractivity contribution in [1.82, 2.24) is 25.0 Å². The fourth-order valence-corrected chi connectivity index (χ4v) is 5.52. The average Bonchev–Trinajstić information content (AvgIpc) is 3.38. The Morgan fingerprint density at radius 3 is 2.82 bits per heavy atom. The van der Waals surface area contributed by atoms with Crippen molar-refractivity contribution in [2.24, 2.45) is 5.92 Å². The molecule has 4 N–H and O–H groups in total. The molecule has 1 aromatic carbocycles. The molecule has 2 aliphatic rings. The lowest BCUT2D eigenvalue weighted by Crippen LogP contribution is -2.30. The molecule has 0 radical (unpaired) electrons. The number of aromatic nitrogens is 5. The minimum Gasteiger partial charge on any atom is -0.396 e. The molecule has 2 aliphatic carbocycles. The Morgan fingerprint density at radius 2 is 2.06 bits per heavy atom. The van der Waals surface area contributed by atoms with Crippen LogP contribution >= 0.6 is 11.8 Å². The molecule has 0 bridgehead atoms. The van der Waals surface area contributed by atoms with Gasteiger partial charge < -0.3 is 20.6 Å². The number of anilines is 1. The van der Waals surface area contributed by atoms with Crippen LogP contribution in [0.15, 0.2) is 29.4 Å². The van der Waals surface area contributed by atoms with Gasteiger partial charge in [0.25, 0.3) is 0 Å². The van der Waals surface area contributed by atoms with E-state index in [4.69, 9.17) is 0 Å². The van der Waals surface area contributed by atoms with Crippen molar-refractivity contribution in [3.8, 4) is 0 Å². The average molecular weight is 489 g/mol. The summed E-state index contributed by atoms with van der Waals surface area (Å²) in [7, 11) is 0. The van der Waals surface area contributed by atoms with Gasteiger partial charge in [-0.2, -0.15) is 0 Å². The van der Waals surface area contributed by atoms with E-state index in [2.05, 4.69) is 32.5 Å². The van der Waals surface area contributed by atoms with E-state index in [1.807, 2.05) is 6.07 Å². The smallest absolute Gasteiger partial charge is 0.191 e. The van der Waals surface area contributed by atoms with Crippen LogP contribution in [0.25, 0.3) is 11.2 Å². The fraction of sp³-hybridized carbons (Fsp3) is 0.565. The van der Waals surface area contributed by atoms with Crippen molar-refractivity contribution in [2.45, 2.75) is 68.0 Å². The standard InChI is InChI=1S/C23H29FN6O3S/c1-2-8-34-23-26-21(25-16-11-15(16)12-4-3-5-14(24)9-12)18-22(27-23)30(29-28-18)17-10-13(6-7-31)19(32)20(17)33/h3-5,9,13,15-17,19-20,31-33H,2,6-8,10-11H2,1H3,(H,25,26,27)/t13-,15?,16?,17+,19+,20-/m0/s1. The third-order valence-corrected chi connectivity index (χ3v) is 7.77. The van der Waals surface area contributed by atoms with Crippen LogP contribution in [0, 0.1) is 11.7 Å². The zero-order chi connectivity index (χ0) is 23.8. The molecule has 0 amide bonds. The highest BCUT2D eigenvalue weighted by Gasteiger charge is 2.44. The quantitative estimate of drug-likeness (QED) is 0.265. The molecule has 0 aliphatic heterocycles. The Bertz CT molecular complexity index is 1160. The van der Waals surface area contributed by atoms with E-state index in [1.165, 1.54) is 17.8 Å². The first-order valence-corrected chi connectivity index (χ1v) is 12.7. The largest absolute Gasteiger partial charge is 0.396 e. The summed E-state index contributed by atoms with van der Waals surface area (Å²) in [5, 5.41) is 43.1. The number of aliphatic hydroxyl groups excluding tert-OH is 3. The topological polar surface area (TPSA) is 129 Å². The Morgan fingerprint density at radius 1 is 1.21 bits per heavy atom. The minimum atomic E-state index is -1.03. The first-order valence-electron chi connectivity index (χ1n) is 11.7. The van der Waals surface area contributed by atoms with Crippen LogP contribution in [0.4, 0.5) is 10.2 Å². The molecule has 34 heavy (non-hydrogen) atoms. The van der Waals surface area contributed by atoms with Gasteiger partial charge in [0.1, 0.15) is 11.9 Å². The minimum absolute atomic E-state index is 0.0544. The van der Waals surface area contributed by atoms with Gasteiger partial charge in [-0.1, -0.05) is 36.0 Å². The van der Waals surface area contributed by atoms with E-state index in [0.717, 1.165) is 24.2 Å². The van der Waals surface area contributed by atoms with Gasteiger partial charge in [-0.25, -0.2) is 19.0 Å². The van der Waals surface area contributed by atoms with E-state index >= 15 is 0 Å². The summed E-state index contributed by atoms with van der Waals surface area (Å²) in [5.41, 5.74) is 1.95. The van der Waals surface area contributed by atoms with Crippen molar-refractivity contribution in [1.29, 1.82) is 0 Å². The van der Waals surface area contributed by atoms with Gasteiger partial charge in [-0.05, 0) is 49.3 Å². The van der Waals surface area contributed by atoms with Crippen LogP contribution < -0.4 is 5.32 Å². The summed E-state index contributed by atoms with van der Waals surface area (Å²) in [6.45, 7) is 2.03. The van der Waals surface area contributed by atoms with Crippen molar-refractivity contribution in [3.63, 3.8) is 0 Å². The summed E-state index contributed by atoms with van der Waals surface area (Å²) >= 11 is 1.54. The summed E-state index contributed by atoms with van der Waals surface area (Å²) < 4.78 is 15.2. The Balaban J connectivity index is 1.45. The van der Waals surface area contributed by atoms with Crippen LogP contribution in [-0.2, 0) is 0 Å². The zero-order valence-electron chi connectivity index (χ0n) is 18.9. The third-order valence-electron chi connectivity index (χ3n) is 6.71. The van der Waals surface area contributed by atoms with Crippen LogP contribution in [0.3, 0.4) is 0 Å². The SMILES string of the molecule is CCCSc1nc(NC2CC2c2cccc(F)c2)c2nnn([C@@H]3C[C@H](CCO)[C@@H](O)[C@H]3O)c2n1. The molecule has 3 aromatic rings. The zero-order valence-corrected chi connectivity index (χ0v) is 19.7. The van der Waals surface area contributed by atoms with Gasteiger partial charge in [-0.15, -0.1) is 5.10 Å². The molecule has 0 spiro atoms. The number of aliphatic hydroxyl groups is 3. The van der Waals surface area contributed by atoms with Crippen LogP contribution in [0.5, 0.6) is 0 Å². The number of fused-ring (bicyclic) bond motifs is 1. The molecule has 0 saturated heterocycles. The van der Waals surface area contributed by atoms with Crippen molar-refractivity contribution < 1.29 is 19.7 Å². The number of rotatable bonds is 9. The van der Waals surface area contributed by atoms with Gasteiger partial charge in [0.2, 0.25) is 0 Å². The molecule has 6 atom stereocenters. The second kappa shape index (κ2) is 9.73. The fourth-order valence-electron chi connectivity index (χ4n) is 4.82. The van der Waals surface area contributed by atoms with E-state index in [0.29, 0.717) is 35.0 Å². The molecule has 9 nitrogen and oxygen atoms in total. The number of halogens is 1. The molecule has 182 valence electrons. The number of hydrogen-bond acceptors (Lipinski definition) is 9. The van der Waals surface area contributed by atoms with E-state index in [9.17, 15) is 19.7 Å². The van der Waals surface area contributed by atoms with Crippen molar-refractivity contribution in [3.05, 3.63) is 35.6 Å². The normalized spacial score (nSPS) is 28.5. The van der Waals surface area contributed by atoms with Crippen LogP contribution in [0.2, 0.25) is 0 Å². The summed E-state index contributed by atoms with van der Waals surface area (Å²) in [6, 6.07) is 6.26. The summed E-state index contributed by atoms with van der Waals surface area (Å²) in [5.74, 6) is 1.14. The van der Waals surface area contributed by atoms with Crippen LogP contribution in [0.1, 0.15) is 50.1 Å². The lowest BCUT2D eigenvalue weighted by molar-refractivity contribution is 0.00107. The number of hydrogen-bond donors (Lipinski definition) is 4. The third kappa shape index (κ3) is 4.49.